The lowest BCUT2D eigenvalue weighted by Crippen LogP contribution is -2.41. The molecule has 2 heterocycles. The molecule has 0 saturated carbocycles. The Kier molecular flexibility index (Phi) is 4.22. The van der Waals surface area contributed by atoms with E-state index in [0.717, 1.165) is 11.0 Å². The summed E-state index contributed by atoms with van der Waals surface area (Å²) in [6, 6.07) is 5.43. The van der Waals surface area contributed by atoms with Gasteiger partial charge in [-0.25, -0.2) is 4.79 Å². The summed E-state index contributed by atoms with van der Waals surface area (Å²) in [5, 5.41) is 16.3. The minimum atomic E-state index is -1.07. The van der Waals surface area contributed by atoms with Gasteiger partial charge in [-0.1, -0.05) is 12.1 Å². The van der Waals surface area contributed by atoms with Gasteiger partial charge >= 0.3 is 13.1 Å². The molecule has 1 aliphatic rings. The lowest BCUT2D eigenvalue weighted by molar-refractivity contribution is 0.00578. The number of nitrogens with two attached hydrogens (primary N) is 1. The molecule has 1 saturated heterocycles. The molecule has 2 aromatic rings. The monoisotopic (exact) mass is 343 g/mol. The van der Waals surface area contributed by atoms with Gasteiger partial charge in [-0.15, -0.1) is 0 Å². The zero-order chi connectivity index (χ0) is 18.4. The Labute approximate surface area is 146 Å². The summed E-state index contributed by atoms with van der Waals surface area (Å²) in [6.45, 7) is 8.21. The number of aromatic nitrogens is 2. The highest BCUT2D eigenvalue weighted by Crippen LogP contribution is 2.38. The molecule has 0 bridgehead atoms. The number of aromatic amines is 1. The average Bonchev–Trinajstić information content (AvgIpc) is 3.02. The predicted octanol–water partition coefficient (Wildman–Crippen LogP) is 2.23. The van der Waals surface area contributed by atoms with Crippen LogP contribution in [-0.4, -0.2) is 46.1 Å². The summed E-state index contributed by atoms with van der Waals surface area (Å²) < 4.78 is 12.1. The van der Waals surface area contributed by atoms with Crippen molar-refractivity contribution in [2.45, 2.75) is 38.9 Å². The number of carboxylic acid groups (broad SMARTS) is 1. The van der Waals surface area contributed by atoms with Crippen LogP contribution in [0.4, 0.5) is 0 Å². The molecule has 1 fully saturated rings. The Morgan fingerprint density at radius 3 is 2.52 bits per heavy atom. The molecular weight excluding hydrogens is 321 g/mol. The average molecular weight is 343 g/mol. The number of hydrogen-bond acceptors (Lipinski definition) is 5. The van der Waals surface area contributed by atoms with Crippen LogP contribution in [0.2, 0.25) is 0 Å². The third kappa shape index (κ3) is 3.08. The second kappa shape index (κ2) is 5.98. The van der Waals surface area contributed by atoms with Gasteiger partial charge in [0, 0.05) is 11.9 Å². The van der Waals surface area contributed by atoms with Gasteiger partial charge in [0.25, 0.3) is 0 Å². The maximum Gasteiger partial charge on any atom is 0.491 e. The molecule has 1 aromatic carbocycles. The highest BCUT2D eigenvalue weighted by atomic mass is 16.7. The van der Waals surface area contributed by atoms with Gasteiger partial charge in [0.15, 0.2) is 5.69 Å². The fourth-order valence-electron chi connectivity index (χ4n) is 2.72. The smallest absolute Gasteiger partial charge is 0.476 e. The van der Waals surface area contributed by atoms with E-state index in [-0.39, 0.29) is 12.2 Å². The zero-order valence-electron chi connectivity index (χ0n) is 14.8. The van der Waals surface area contributed by atoms with Crippen LogP contribution >= 0.6 is 0 Å². The molecule has 0 amide bonds. The van der Waals surface area contributed by atoms with Crippen molar-refractivity contribution in [2.75, 3.05) is 6.54 Å². The van der Waals surface area contributed by atoms with Crippen LogP contribution in [0.25, 0.3) is 17.0 Å². The van der Waals surface area contributed by atoms with E-state index in [1.807, 2.05) is 39.8 Å². The van der Waals surface area contributed by atoms with Gasteiger partial charge in [0.2, 0.25) is 0 Å². The topological polar surface area (TPSA) is 110 Å². The van der Waals surface area contributed by atoms with Crippen molar-refractivity contribution in [3.8, 4) is 0 Å². The van der Waals surface area contributed by atoms with E-state index >= 15 is 0 Å². The fourth-order valence-corrected chi connectivity index (χ4v) is 2.72. The van der Waals surface area contributed by atoms with E-state index < -0.39 is 24.3 Å². The van der Waals surface area contributed by atoms with Gasteiger partial charge in [-0.05, 0) is 50.9 Å². The lowest BCUT2D eigenvalue weighted by Gasteiger charge is -2.32. The molecule has 4 N–H and O–H groups in total. The second-order valence-electron chi connectivity index (χ2n) is 7.19. The number of benzene rings is 1. The highest BCUT2D eigenvalue weighted by molar-refractivity contribution is 6.55. The SMILES string of the molecule is CC1(C)OB(C(=Cc2ccc3[nH]nc(C(=O)O)c3c2)CN)OC1(C)C. The van der Waals surface area contributed by atoms with Gasteiger partial charge in [0.05, 0.1) is 16.7 Å². The number of H-pyrrole nitrogens is 1. The van der Waals surface area contributed by atoms with Crippen molar-refractivity contribution in [2.24, 2.45) is 5.73 Å². The molecule has 25 heavy (non-hydrogen) atoms. The normalized spacial score (nSPS) is 19.6. The highest BCUT2D eigenvalue weighted by Gasteiger charge is 2.52. The number of carbonyl (C=O) groups is 1. The number of nitrogens with zero attached hydrogens (tertiary/aromatic N) is 1. The molecule has 3 rings (SSSR count). The number of fused-ring (bicyclic) bond motifs is 1. The quantitative estimate of drug-likeness (QED) is 0.734. The van der Waals surface area contributed by atoms with E-state index in [1.165, 1.54) is 0 Å². The molecule has 0 unspecified atom stereocenters. The van der Waals surface area contributed by atoms with Gasteiger partial charge in [-0.3, -0.25) is 5.10 Å². The Morgan fingerprint density at radius 2 is 1.96 bits per heavy atom. The molecule has 0 spiro atoms. The van der Waals surface area contributed by atoms with Gasteiger partial charge in [0.1, 0.15) is 0 Å². The van der Waals surface area contributed by atoms with Crippen molar-refractivity contribution in [1.29, 1.82) is 0 Å². The Morgan fingerprint density at radius 1 is 1.32 bits per heavy atom. The van der Waals surface area contributed by atoms with Crippen LogP contribution in [0.15, 0.2) is 23.7 Å². The van der Waals surface area contributed by atoms with Crippen molar-refractivity contribution in [3.05, 3.63) is 34.9 Å². The maximum atomic E-state index is 11.3. The van der Waals surface area contributed by atoms with E-state index in [4.69, 9.17) is 15.0 Å². The predicted molar refractivity (Wildman–Crippen MR) is 96.2 cm³/mol. The molecular formula is C17H22BN3O4. The number of rotatable bonds is 4. The number of hydrogen-bond donors (Lipinski definition) is 3. The standard InChI is InChI=1S/C17H22BN3O4/c1-16(2)17(3,4)25-18(24-16)11(9-19)7-10-5-6-13-12(8-10)14(15(22)23)21-20-13/h5-8H,9,19H2,1-4H3,(H,20,21)(H,22,23). The van der Waals surface area contributed by atoms with Crippen molar-refractivity contribution >= 4 is 30.1 Å². The third-order valence-corrected chi connectivity index (χ3v) is 4.93. The molecule has 8 heteroatoms. The number of carboxylic acids is 1. The minimum Gasteiger partial charge on any atom is -0.476 e. The molecule has 132 valence electrons. The number of aromatic carboxylic acids is 1. The fraction of sp³-hybridized carbons (Fsp3) is 0.412. The number of nitrogens with one attached hydrogen (secondary N) is 1. The van der Waals surface area contributed by atoms with Crippen LogP contribution < -0.4 is 5.73 Å². The first kappa shape index (κ1) is 17.7. The van der Waals surface area contributed by atoms with E-state index in [1.54, 1.807) is 12.1 Å². The maximum absolute atomic E-state index is 11.3. The Bertz CT molecular complexity index is 841. The largest absolute Gasteiger partial charge is 0.491 e. The van der Waals surface area contributed by atoms with Crippen LogP contribution in [0, 0.1) is 0 Å². The summed E-state index contributed by atoms with van der Waals surface area (Å²) in [4.78, 5) is 11.3. The summed E-state index contributed by atoms with van der Waals surface area (Å²) in [5.74, 6) is -1.07. The minimum absolute atomic E-state index is 0.00446. The van der Waals surface area contributed by atoms with Crippen molar-refractivity contribution in [1.82, 2.24) is 10.2 Å². The molecule has 0 aliphatic carbocycles. The first-order chi connectivity index (χ1) is 11.6. The van der Waals surface area contributed by atoms with Gasteiger partial charge < -0.3 is 20.1 Å². The van der Waals surface area contributed by atoms with E-state index in [9.17, 15) is 9.90 Å². The Hall–Kier alpha value is -2.16. The molecule has 0 radical (unpaired) electrons. The van der Waals surface area contributed by atoms with Gasteiger partial charge in [-0.2, -0.15) is 5.10 Å². The second-order valence-corrected chi connectivity index (χ2v) is 7.19. The van der Waals surface area contributed by atoms with E-state index in [2.05, 4.69) is 10.2 Å². The Balaban J connectivity index is 1.97. The van der Waals surface area contributed by atoms with Crippen molar-refractivity contribution < 1.29 is 19.2 Å². The first-order valence-electron chi connectivity index (χ1n) is 8.12. The van der Waals surface area contributed by atoms with Crippen LogP contribution in [-0.2, 0) is 9.31 Å². The molecule has 1 aliphatic heterocycles. The summed E-state index contributed by atoms with van der Waals surface area (Å²) in [7, 11) is -0.533. The third-order valence-electron chi connectivity index (χ3n) is 4.93. The molecule has 7 nitrogen and oxygen atoms in total. The van der Waals surface area contributed by atoms with Crippen LogP contribution in [0.3, 0.4) is 0 Å². The van der Waals surface area contributed by atoms with Crippen LogP contribution in [0.1, 0.15) is 43.7 Å². The zero-order valence-corrected chi connectivity index (χ0v) is 14.8. The summed E-state index contributed by atoms with van der Waals surface area (Å²) in [6.07, 6.45) is 1.88. The van der Waals surface area contributed by atoms with Crippen LogP contribution in [0.5, 0.6) is 0 Å². The molecule has 1 aromatic heterocycles. The first-order valence-corrected chi connectivity index (χ1v) is 8.12. The van der Waals surface area contributed by atoms with E-state index in [0.29, 0.717) is 10.9 Å². The van der Waals surface area contributed by atoms with Crippen molar-refractivity contribution in [3.63, 3.8) is 0 Å². The molecule has 0 atom stereocenters. The lowest BCUT2D eigenvalue weighted by atomic mass is 9.77. The summed E-state index contributed by atoms with van der Waals surface area (Å²) >= 11 is 0. The summed E-state index contributed by atoms with van der Waals surface area (Å²) in [5.41, 5.74) is 7.28.